The van der Waals surface area contributed by atoms with Gasteiger partial charge in [0.25, 0.3) is 0 Å². The third kappa shape index (κ3) is 2.63. The average molecular weight is 277 g/mol. The molecule has 3 rings (SSSR count). The highest BCUT2D eigenvalue weighted by molar-refractivity contribution is 5.07. The van der Waals surface area contributed by atoms with E-state index in [9.17, 15) is 5.11 Å². The summed E-state index contributed by atoms with van der Waals surface area (Å²) in [7, 11) is 0. The molecule has 1 aromatic rings. The molecule has 0 bridgehead atoms. The summed E-state index contributed by atoms with van der Waals surface area (Å²) in [6.45, 7) is 0.560. The lowest BCUT2D eigenvalue weighted by atomic mass is 9.69. The average Bonchev–Trinajstić information content (AvgIpc) is 3.12. The van der Waals surface area contributed by atoms with E-state index in [1.807, 2.05) is 0 Å². The molecule has 0 spiro atoms. The van der Waals surface area contributed by atoms with Crippen molar-refractivity contribution in [3.8, 4) is 0 Å². The van der Waals surface area contributed by atoms with E-state index in [1.54, 1.807) is 0 Å². The third-order valence-electron chi connectivity index (χ3n) is 5.41. The van der Waals surface area contributed by atoms with Crippen molar-refractivity contribution in [2.24, 2.45) is 11.1 Å². The molecular formula is C16H27N3O. The second-order valence-corrected chi connectivity index (χ2v) is 6.73. The van der Waals surface area contributed by atoms with Gasteiger partial charge in [0.1, 0.15) is 0 Å². The smallest absolute Gasteiger partial charge is 0.0631 e. The van der Waals surface area contributed by atoms with Crippen LogP contribution in [0, 0.1) is 5.41 Å². The van der Waals surface area contributed by atoms with E-state index < -0.39 is 0 Å². The molecule has 2 saturated carbocycles. The minimum atomic E-state index is -0.266. The van der Waals surface area contributed by atoms with Crippen LogP contribution in [-0.2, 0) is 6.42 Å². The van der Waals surface area contributed by atoms with Crippen LogP contribution in [0.2, 0.25) is 0 Å². The molecule has 3 N–H and O–H groups in total. The SMILES string of the molecule is NCC1(Cc2ccn(C3CCCC3)n2)CCCCC1O. The Kier molecular flexibility index (Phi) is 4.13. The molecule has 20 heavy (non-hydrogen) atoms. The molecule has 2 unspecified atom stereocenters. The topological polar surface area (TPSA) is 64.1 Å². The lowest BCUT2D eigenvalue weighted by Crippen LogP contribution is -2.45. The van der Waals surface area contributed by atoms with E-state index in [1.165, 1.54) is 32.1 Å². The van der Waals surface area contributed by atoms with E-state index in [4.69, 9.17) is 10.8 Å². The van der Waals surface area contributed by atoms with E-state index in [-0.39, 0.29) is 11.5 Å². The zero-order chi connectivity index (χ0) is 14.0. The van der Waals surface area contributed by atoms with Crippen LogP contribution in [0.5, 0.6) is 0 Å². The first-order valence-corrected chi connectivity index (χ1v) is 8.16. The molecule has 1 heterocycles. The van der Waals surface area contributed by atoms with Gasteiger partial charge in [-0.15, -0.1) is 0 Å². The predicted molar refractivity (Wildman–Crippen MR) is 79.4 cm³/mol. The number of hydrogen-bond acceptors (Lipinski definition) is 3. The van der Waals surface area contributed by atoms with Crippen LogP contribution >= 0.6 is 0 Å². The van der Waals surface area contributed by atoms with Gasteiger partial charge in [-0.1, -0.05) is 25.7 Å². The maximum Gasteiger partial charge on any atom is 0.0631 e. The first kappa shape index (κ1) is 14.1. The zero-order valence-corrected chi connectivity index (χ0v) is 12.3. The van der Waals surface area contributed by atoms with Gasteiger partial charge < -0.3 is 10.8 Å². The fourth-order valence-corrected chi connectivity index (χ4v) is 4.01. The molecule has 4 nitrogen and oxygen atoms in total. The molecule has 0 radical (unpaired) electrons. The minimum Gasteiger partial charge on any atom is -0.392 e. The Balaban J connectivity index is 1.72. The van der Waals surface area contributed by atoms with Crippen LogP contribution in [-0.4, -0.2) is 27.5 Å². The molecule has 4 heteroatoms. The lowest BCUT2D eigenvalue weighted by molar-refractivity contribution is -0.00655. The Labute approximate surface area is 121 Å². The number of aliphatic hydroxyl groups is 1. The van der Waals surface area contributed by atoms with Gasteiger partial charge in [-0.25, -0.2) is 0 Å². The maximum atomic E-state index is 10.4. The molecule has 0 aromatic carbocycles. The standard InChI is InChI=1S/C16H27N3O/c17-12-16(9-4-3-7-15(16)20)11-13-8-10-19(18-13)14-5-1-2-6-14/h8,10,14-15,20H,1-7,9,11-12,17H2. The molecule has 2 aliphatic carbocycles. The van der Waals surface area contributed by atoms with Crippen molar-refractivity contribution < 1.29 is 5.11 Å². The van der Waals surface area contributed by atoms with Crippen molar-refractivity contribution in [2.45, 2.75) is 69.9 Å². The van der Waals surface area contributed by atoms with Crippen molar-refractivity contribution in [3.63, 3.8) is 0 Å². The van der Waals surface area contributed by atoms with Crippen LogP contribution in [0.4, 0.5) is 0 Å². The number of aromatic nitrogens is 2. The van der Waals surface area contributed by atoms with Crippen molar-refractivity contribution in [2.75, 3.05) is 6.54 Å². The first-order valence-electron chi connectivity index (χ1n) is 8.16. The van der Waals surface area contributed by atoms with Crippen molar-refractivity contribution in [3.05, 3.63) is 18.0 Å². The highest BCUT2D eigenvalue weighted by Gasteiger charge is 2.39. The summed E-state index contributed by atoms with van der Waals surface area (Å²) in [5, 5.41) is 15.1. The Hall–Kier alpha value is -0.870. The van der Waals surface area contributed by atoms with Gasteiger partial charge in [0, 0.05) is 24.6 Å². The Morgan fingerprint density at radius 2 is 2.00 bits per heavy atom. The molecule has 2 aliphatic rings. The summed E-state index contributed by atoms with van der Waals surface area (Å²) in [4.78, 5) is 0. The number of nitrogens with two attached hydrogens (primary N) is 1. The molecule has 0 amide bonds. The number of aliphatic hydroxyl groups excluding tert-OH is 1. The molecule has 2 fully saturated rings. The fraction of sp³-hybridized carbons (Fsp3) is 0.812. The summed E-state index contributed by atoms with van der Waals surface area (Å²) >= 11 is 0. The van der Waals surface area contributed by atoms with Crippen LogP contribution < -0.4 is 5.73 Å². The Morgan fingerprint density at radius 3 is 2.70 bits per heavy atom. The number of rotatable bonds is 4. The van der Waals surface area contributed by atoms with Crippen LogP contribution in [0.25, 0.3) is 0 Å². The van der Waals surface area contributed by atoms with Gasteiger partial charge >= 0.3 is 0 Å². The van der Waals surface area contributed by atoms with Crippen molar-refractivity contribution in [1.82, 2.24) is 9.78 Å². The Morgan fingerprint density at radius 1 is 1.25 bits per heavy atom. The fourth-order valence-electron chi connectivity index (χ4n) is 4.01. The number of nitrogens with zero attached hydrogens (tertiary/aromatic N) is 2. The van der Waals surface area contributed by atoms with Gasteiger partial charge in [-0.3, -0.25) is 4.68 Å². The number of hydrogen-bond donors (Lipinski definition) is 2. The van der Waals surface area contributed by atoms with Gasteiger partial charge in [0.2, 0.25) is 0 Å². The molecule has 0 aliphatic heterocycles. The zero-order valence-electron chi connectivity index (χ0n) is 12.3. The van der Waals surface area contributed by atoms with Gasteiger partial charge in [0.05, 0.1) is 17.8 Å². The van der Waals surface area contributed by atoms with Gasteiger partial charge in [0.15, 0.2) is 0 Å². The van der Waals surface area contributed by atoms with Crippen molar-refractivity contribution in [1.29, 1.82) is 0 Å². The second-order valence-electron chi connectivity index (χ2n) is 6.73. The van der Waals surface area contributed by atoms with E-state index in [0.29, 0.717) is 12.6 Å². The lowest BCUT2D eigenvalue weighted by Gasteiger charge is -2.40. The highest BCUT2D eigenvalue weighted by Crippen LogP contribution is 2.38. The predicted octanol–water partition coefficient (Wildman–Crippen LogP) is 2.42. The quantitative estimate of drug-likeness (QED) is 0.888. The van der Waals surface area contributed by atoms with Crippen LogP contribution in [0.3, 0.4) is 0 Å². The summed E-state index contributed by atoms with van der Waals surface area (Å²) in [5.41, 5.74) is 6.97. The second kappa shape index (κ2) is 5.86. The molecule has 0 saturated heterocycles. The van der Waals surface area contributed by atoms with Crippen LogP contribution in [0.1, 0.15) is 63.1 Å². The van der Waals surface area contributed by atoms with E-state index in [0.717, 1.165) is 31.4 Å². The van der Waals surface area contributed by atoms with Crippen LogP contribution in [0.15, 0.2) is 12.3 Å². The van der Waals surface area contributed by atoms with Gasteiger partial charge in [-0.2, -0.15) is 5.10 Å². The van der Waals surface area contributed by atoms with Crippen molar-refractivity contribution >= 4 is 0 Å². The minimum absolute atomic E-state index is 0.146. The normalized spacial score (nSPS) is 31.8. The summed E-state index contributed by atoms with van der Waals surface area (Å²) in [6, 6.07) is 2.71. The molecule has 2 atom stereocenters. The maximum absolute atomic E-state index is 10.4. The monoisotopic (exact) mass is 277 g/mol. The largest absolute Gasteiger partial charge is 0.392 e. The Bertz CT molecular complexity index is 439. The van der Waals surface area contributed by atoms with E-state index in [2.05, 4.69) is 16.9 Å². The highest BCUT2D eigenvalue weighted by atomic mass is 16.3. The summed E-state index contributed by atoms with van der Waals surface area (Å²) in [6.07, 6.45) is 12.1. The molecule has 1 aromatic heterocycles. The summed E-state index contributed by atoms with van der Waals surface area (Å²) < 4.78 is 2.14. The summed E-state index contributed by atoms with van der Waals surface area (Å²) in [5.74, 6) is 0. The first-order chi connectivity index (χ1) is 9.73. The third-order valence-corrected chi connectivity index (χ3v) is 5.41. The molecule has 112 valence electrons. The van der Waals surface area contributed by atoms with Gasteiger partial charge in [-0.05, 0) is 31.7 Å². The van der Waals surface area contributed by atoms with E-state index >= 15 is 0 Å². The molecular weight excluding hydrogens is 250 g/mol.